The summed E-state index contributed by atoms with van der Waals surface area (Å²) in [5, 5.41) is 18.3. The molecule has 1 heterocycles. The average Bonchev–Trinajstić information content (AvgIpc) is 2.94. The zero-order chi connectivity index (χ0) is 20.4. The van der Waals surface area contributed by atoms with E-state index in [4.69, 9.17) is 5.26 Å². The summed E-state index contributed by atoms with van der Waals surface area (Å²) in [6.45, 7) is 4.02. The second kappa shape index (κ2) is 7.67. The second-order valence-electron chi connectivity index (χ2n) is 6.77. The van der Waals surface area contributed by atoms with E-state index in [1.165, 1.54) is 0 Å². The van der Waals surface area contributed by atoms with Crippen LogP contribution in [-0.2, 0) is 9.59 Å². The van der Waals surface area contributed by atoms with Gasteiger partial charge in [-0.2, -0.15) is 5.26 Å². The van der Waals surface area contributed by atoms with Crippen LogP contribution in [0.1, 0.15) is 22.3 Å². The van der Waals surface area contributed by atoms with Crippen LogP contribution >= 0.6 is 0 Å². The molecule has 0 aliphatic carbocycles. The van der Waals surface area contributed by atoms with Gasteiger partial charge in [-0.3, -0.25) is 9.59 Å². The van der Waals surface area contributed by atoms with Crippen molar-refractivity contribution in [1.82, 2.24) is 4.90 Å². The summed E-state index contributed by atoms with van der Waals surface area (Å²) in [6, 6.07) is 14.0. The van der Waals surface area contributed by atoms with Crippen molar-refractivity contribution in [3.8, 4) is 6.07 Å². The standard InChI is InChI=1S/C22H21N3O3/c1-14-4-7-17(12-15(14)2)19-20(24(3)10-11-26)22(28)25(21(19)27)18-8-5-16(13-23)6-9-18/h4-9,12,26H,10-11H2,1-3H3. The van der Waals surface area contributed by atoms with Crippen LogP contribution in [0.3, 0.4) is 0 Å². The van der Waals surface area contributed by atoms with Gasteiger partial charge in [-0.05, 0) is 54.8 Å². The summed E-state index contributed by atoms with van der Waals surface area (Å²) >= 11 is 0. The molecule has 0 saturated heterocycles. The Hall–Kier alpha value is -3.43. The fraction of sp³-hybridized carbons (Fsp3) is 0.227. The molecular formula is C22H21N3O3. The zero-order valence-corrected chi connectivity index (χ0v) is 16.1. The molecule has 2 aromatic carbocycles. The average molecular weight is 375 g/mol. The largest absolute Gasteiger partial charge is 0.395 e. The first-order valence-corrected chi connectivity index (χ1v) is 8.92. The lowest BCUT2D eigenvalue weighted by Crippen LogP contribution is -2.34. The lowest BCUT2D eigenvalue weighted by atomic mass is 9.99. The number of amides is 2. The fourth-order valence-electron chi connectivity index (χ4n) is 3.21. The van der Waals surface area contributed by atoms with Crippen molar-refractivity contribution in [3.63, 3.8) is 0 Å². The molecule has 6 nitrogen and oxygen atoms in total. The quantitative estimate of drug-likeness (QED) is 0.811. The third-order valence-corrected chi connectivity index (χ3v) is 4.93. The van der Waals surface area contributed by atoms with Crippen molar-refractivity contribution in [2.45, 2.75) is 13.8 Å². The van der Waals surface area contributed by atoms with E-state index in [9.17, 15) is 14.7 Å². The van der Waals surface area contributed by atoms with Gasteiger partial charge in [0.05, 0.1) is 29.5 Å². The number of hydrogen-bond acceptors (Lipinski definition) is 5. The molecule has 3 rings (SSSR count). The minimum Gasteiger partial charge on any atom is -0.395 e. The van der Waals surface area contributed by atoms with E-state index < -0.39 is 11.8 Å². The zero-order valence-electron chi connectivity index (χ0n) is 16.1. The first-order chi connectivity index (χ1) is 13.4. The van der Waals surface area contributed by atoms with Gasteiger partial charge >= 0.3 is 0 Å². The molecule has 0 spiro atoms. The first-order valence-electron chi connectivity index (χ1n) is 8.92. The molecule has 1 aliphatic heterocycles. The van der Waals surface area contributed by atoms with Crippen molar-refractivity contribution in [1.29, 1.82) is 5.26 Å². The Morgan fingerprint density at radius 2 is 1.71 bits per heavy atom. The number of carbonyl (C=O) groups is 2. The third-order valence-electron chi connectivity index (χ3n) is 4.93. The van der Waals surface area contributed by atoms with Crippen molar-refractivity contribution in [2.75, 3.05) is 25.1 Å². The normalized spacial score (nSPS) is 13.9. The second-order valence-corrected chi connectivity index (χ2v) is 6.77. The van der Waals surface area contributed by atoms with Gasteiger partial charge in [-0.15, -0.1) is 0 Å². The van der Waals surface area contributed by atoms with Crippen LogP contribution in [0.5, 0.6) is 0 Å². The van der Waals surface area contributed by atoms with Crippen molar-refractivity contribution in [3.05, 3.63) is 70.4 Å². The number of rotatable bonds is 5. The van der Waals surface area contributed by atoms with Crippen molar-refractivity contribution in [2.24, 2.45) is 0 Å². The number of carbonyl (C=O) groups excluding carboxylic acids is 2. The predicted molar refractivity (Wildman–Crippen MR) is 106 cm³/mol. The molecule has 1 aliphatic rings. The molecule has 6 heteroatoms. The number of nitriles is 1. The lowest BCUT2D eigenvalue weighted by Gasteiger charge is -2.20. The highest BCUT2D eigenvalue weighted by Gasteiger charge is 2.41. The molecule has 142 valence electrons. The van der Waals surface area contributed by atoms with E-state index in [1.54, 1.807) is 36.2 Å². The number of likely N-dealkylation sites (N-methyl/N-ethyl adjacent to an activating group) is 1. The molecule has 1 N–H and O–H groups in total. The molecular weight excluding hydrogens is 354 g/mol. The maximum atomic E-state index is 13.3. The molecule has 0 bridgehead atoms. The van der Waals surface area contributed by atoms with E-state index in [-0.39, 0.29) is 18.8 Å². The monoisotopic (exact) mass is 375 g/mol. The number of imide groups is 1. The minimum absolute atomic E-state index is 0.140. The fourth-order valence-corrected chi connectivity index (χ4v) is 3.21. The van der Waals surface area contributed by atoms with Crippen LogP contribution in [0.25, 0.3) is 5.57 Å². The minimum atomic E-state index is -0.445. The molecule has 0 saturated carbocycles. The Kier molecular flexibility index (Phi) is 5.30. The number of aliphatic hydroxyl groups excluding tert-OH is 1. The summed E-state index contributed by atoms with van der Waals surface area (Å²) in [5.41, 5.74) is 4.20. The van der Waals surface area contributed by atoms with Crippen molar-refractivity contribution < 1.29 is 14.7 Å². The molecule has 0 atom stereocenters. The van der Waals surface area contributed by atoms with E-state index in [1.807, 2.05) is 38.1 Å². The SMILES string of the molecule is Cc1ccc(C2=C(N(C)CCO)C(=O)N(c3ccc(C#N)cc3)C2=O)cc1C. The van der Waals surface area contributed by atoms with E-state index in [0.717, 1.165) is 16.0 Å². The van der Waals surface area contributed by atoms with Gasteiger partial charge < -0.3 is 10.0 Å². The maximum Gasteiger partial charge on any atom is 0.282 e. The highest BCUT2D eigenvalue weighted by molar-refractivity contribution is 6.45. The summed E-state index contributed by atoms with van der Waals surface area (Å²) in [6.07, 6.45) is 0. The van der Waals surface area contributed by atoms with Gasteiger partial charge in [0.25, 0.3) is 11.8 Å². The van der Waals surface area contributed by atoms with Gasteiger partial charge in [0.1, 0.15) is 5.70 Å². The van der Waals surface area contributed by atoms with E-state index >= 15 is 0 Å². The van der Waals surface area contributed by atoms with Crippen LogP contribution in [0.4, 0.5) is 5.69 Å². The van der Waals surface area contributed by atoms with Gasteiger partial charge in [0.15, 0.2) is 0 Å². The van der Waals surface area contributed by atoms with Gasteiger partial charge in [-0.1, -0.05) is 18.2 Å². The van der Waals surface area contributed by atoms with Crippen LogP contribution in [0, 0.1) is 25.2 Å². The number of benzene rings is 2. The molecule has 0 aromatic heterocycles. The van der Waals surface area contributed by atoms with Gasteiger partial charge in [0, 0.05) is 13.6 Å². The number of aliphatic hydroxyl groups is 1. The van der Waals surface area contributed by atoms with Crippen LogP contribution < -0.4 is 4.90 Å². The van der Waals surface area contributed by atoms with Gasteiger partial charge in [-0.25, -0.2) is 4.90 Å². The summed E-state index contributed by atoms with van der Waals surface area (Å²) in [7, 11) is 1.68. The Bertz CT molecular complexity index is 1020. The number of aryl methyl sites for hydroxylation is 2. The topological polar surface area (TPSA) is 84.6 Å². The summed E-state index contributed by atoms with van der Waals surface area (Å²) < 4.78 is 0. The molecule has 0 unspecified atom stereocenters. The van der Waals surface area contributed by atoms with E-state index in [2.05, 4.69) is 0 Å². The molecule has 28 heavy (non-hydrogen) atoms. The third kappa shape index (κ3) is 3.28. The Morgan fingerprint density at radius 1 is 1.04 bits per heavy atom. The lowest BCUT2D eigenvalue weighted by molar-refractivity contribution is -0.120. The Labute approximate surface area is 163 Å². The Morgan fingerprint density at radius 3 is 2.29 bits per heavy atom. The predicted octanol–water partition coefficient (Wildman–Crippen LogP) is 2.38. The van der Waals surface area contributed by atoms with E-state index in [0.29, 0.717) is 22.4 Å². The highest BCUT2D eigenvalue weighted by atomic mass is 16.3. The number of hydrogen-bond donors (Lipinski definition) is 1. The molecule has 2 amide bonds. The highest BCUT2D eigenvalue weighted by Crippen LogP contribution is 2.34. The van der Waals surface area contributed by atoms with Crippen LogP contribution in [0.15, 0.2) is 48.2 Å². The van der Waals surface area contributed by atoms with Gasteiger partial charge in [0.2, 0.25) is 0 Å². The summed E-state index contributed by atoms with van der Waals surface area (Å²) in [4.78, 5) is 29.2. The summed E-state index contributed by atoms with van der Waals surface area (Å²) in [5.74, 6) is -0.864. The Balaban J connectivity index is 2.13. The molecule has 0 radical (unpaired) electrons. The van der Waals surface area contributed by atoms with Crippen molar-refractivity contribution >= 4 is 23.1 Å². The first kappa shape index (κ1) is 19.3. The smallest absolute Gasteiger partial charge is 0.282 e. The number of anilines is 1. The van der Waals surface area contributed by atoms with Crippen LogP contribution in [-0.4, -0.2) is 42.0 Å². The maximum absolute atomic E-state index is 13.3. The number of nitrogens with zero attached hydrogens (tertiary/aromatic N) is 3. The molecule has 0 fully saturated rings. The molecule has 2 aromatic rings. The van der Waals surface area contributed by atoms with Crippen LogP contribution in [0.2, 0.25) is 0 Å².